The van der Waals surface area contributed by atoms with Crippen LogP contribution in [-0.4, -0.2) is 48.5 Å². The van der Waals surface area contributed by atoms with Crippen LogP contribution in [0.1, 0.15) is 17.5 Å². The fourth-order valence-electron chi connectivity index (χ4n) is 3.79. The molecule has 0 bridgehead atoms. The van der Waals surface area contributed by atoms with Crippen molar-refractivity contribution < 1.29 is 4.74 Å². The van der Waals surface area contributed by atoms with Crippen molar-refractivity contribution in [1.82, 2.24) is 9.80 Å². The normalized spacial score (nSPS) is 19.1. The Kier molecular flexibility index (Phi) is 7.52. The Morgan fingerprint density at radius 2 is 1.63 bits per heavy atom. The van der Waals surface area contributed by atoms with Crippen molar-refractivity contribution in [3.05, 3.63) is 71.8 Å². The van der Waals surface area contributed by atoms with Crippen molar-refractivity contribution in [3.8, 4) is 0 Å². The summed E-state index contributed by atoms with van der Waals surface area (Å²) in [5.41, 5.74) is 2.60. The average Bonchev–Trinajstić information content (AvgIpc) is 3.33. The summed E-state index contributed by atoms with van der Waals surface area (Å²) in [4.78, 5) is 9.66. The summed E-state index contributed by atoms with van der Waals surface area (Å²) in [6.45, 7) is 6.56. The molecule has 2 aliphatic heterocycles. The first-order chi connectivity index (χ1) is 12.9. The average molecular weight is 477 g/mol. The minimum Gasteiger partial charge on any atom is -0.376 e. The number of nitrogens with zero attached hydrogens (tertiary/aromatic N) is 3. The van der Waals surface area contributed by atoms with E-state index in [1.807, 2.05) is 6.07 Å². The van der Waals surface area contributed by atoms with E-state index in [4.69, 9.17) is 9.73 Å². The Morgan fingerprint density at radius 1 is 0.926 bits per heavy atom. The number of likely N-dealkylation sites (tertiary alicyclic amines) is 1. The smallest absolute Gasteiger partial charge is 0.197 e. The highest BCUT2D eigenvalue weighted by molar-refractivity contribution is 14.0. The molecule has 1 atom stereocenters. The van der Waals surface area contributed by atoms with E-state index in [0.29, 0.717) is 12.5 Å². The predicted molar refractivity (Wildman–Crippen MR) is 120 cm³/mol. The molecule has 1 fully saturated rings. The van der Waals surface area contributed by atoms with Crippen molar-refractivity contribution in [2.45, 2.75) is 19.6 Å². The van der Waals surface area contributed by atoms with Crippen molar-refractivity contribution in [1.29, 1.82) is 0 Å². The second-order valence-electron chi connectivity index (χ2n) is 7.19. The predicted octanol–water partition coefficient (Wildman–Crippen LogP) is 4.01. The largest absolute Gasteiger partial charge is 0.376 e. The summed E-state index contributed by atoms with van der Waals surface area (Å²) in [5.74, 6) is 1.78. The van der Waals surface area contributed by atoms with Gasteiger partial charge in [-0.05, 0) is 17.5 Å². The van der Waals surface area contributed by atoms with E-state index in [1.54, 1.807) is 0 Å². The van der Waals surface area contributed by atoms with Crippen molar-refractivity contribution in [2.75, 3.05) is 32.8 Å². The van der Waals surface area contributed by atoms with Crippen LogP contribution in [0.15, 0.2) is 65.7 Å². The first kappa shape index (κ1) is 20.1. The zero-order chi connectivity index (χ0) is 17.6. The molecule has 4 nitrogen and oxygen atoms in total. The molecular weight excluding hydrogens is 449 g/mol. The molecule has 0 aromatic heterocycles. The Bertz CT molecular complexity index is 723. The molecule has 0 aliphatic carbocycles. The van der Waals surface area contributed by atoms with Gasteiger partial charge in [0.25, 0.3) is 0 Å². The van der Waals surface area contributed by atoms with Crippen LogP contribution in [0.3, 0.4) is 0 Å². The molecule has 4 rings (SSSR count). The lowest BCUT2D eigenvalue weighted by atomic mass is 10.1. The maximum absolute atomic E-state index is 5.96. The quantitative estimate of drug-likeness (QED) is 0.589. The van der Waals surface area contributed by atoms with Crippen molar-refractivity contribution >= 4 is 29.9 Å². The number of hydrogen-bond acceptors (Lipinski definition) is 4. The lowest BCUT2D eigenvalue weighted by molar-refractivity contribution is 0.0904. The summed E-state index contributed by atoms with van der Waals surface area (Å²) < 4.78 is 5.96. The van der Waals surface area contributed by atoms with Crippen LogP contribution in [0.25, 0.3) is 0 Å². The first-order valence-corrected chi connectivity index (χ1v) is 9.58. The molecule has 2 heterocycles. The number of benzene rings is 2. The Labute approximate surface area is 179 Å². The van der Waals surface area contributed by atoms with E-state index in [-0.39, 0.29) is 24.0 Å². The molecule has 1 saturated heterocycles. The number of rotatable bonds is 6. The maximum Gasteiger partial charge on any atom is 0.197 e. The summed E-state index contributed by atoms with van der Waals surface area (Å²) in [5, 5.41) is 0. The third-order valence-corrected chi connectivity index (χ3v) is 5.16. The molecule has 144 valence electrons. The maximum atomic E-state index is 5.96. The molecule has 27 heavy (non-hydrogen) atoms. The van der Waals surface area contributed by atoms with Crippen LogP contribution in [-0.2, 0) is 17.9 Å². The molecule has 1 unspecified atom stereocenters. The summed E-state index contributed by atoms with van der Waals surface area (Å²) in [7, 11) is 0. The number of aliphatic imine (C=N–C) groups is 1. The number of ether oxygens (including phenoxy) is 1. The van der Waals surface area contributed by atoms with E-state index in [1.165, 1.54) is 23.5 Å². The number of halogens is 1. The van der Waals surface area contributed by atoms with Gasteiger partial charge in [0.2, 0.25) is 0 Å². The van der Waals surface area contributed by atoms with Crippen LogP contribution < -0.4 is 0 Å². The molecule has 0 amide bonds. The van der Waals surface area contributed by atoms with Gasteiger partial charge < -0.3 is 14.5 Å². The SMILES string of the molecule is I.c1ccc(COCC2CCN(C3=NCCN3Cc3ccccc3)C2)cc1. The van der Waals surface area contributed by atoms with E-state index >= 15 is 0 Å². The zero-order valence-corrected chi connectivity index (χ0v) is 18.0. The lowest BCUT2D eigenvalue weighted by Crippen LogP contribution is -2.40. The molecule has 0 radical (unpaired) electrons. The van der Waals surface area contributed by atoms with Gasteiger partial charge in [0.1, 0.15) is 0 Å². The monoisotopic (exact) mass is 477 g/mol. The van der Waals surface area contributed by atoms with E-state index < -0.39 is 0 Å². The zero-order valence-electron chi connectivity index (χ0n) is 15.7. The molecule has 2 aromatic carbocycles. The van der Waals surface area contributed by atoms with Gasteiger partial charge in [-0.1, -0.05) is 60.7 Å². The summed E-state index contributed by atoms with van der Waals surface area (Å²) >= 11 is 0. The molecular formula is C22H28IN3O. The van der Waals surface area contributed by atoms with Gasteiger partial charge in [0, 0.05) is 32.1 Å². The number of guanidine groups is 1. The lowest BCUT2D eigenvalue weighted by Gasteiger charge is -2.28. The molecule has 2 aromatic rings. The summed E-state index contributed by atoms with van der Waals surface area (Å²) in [6, 6.07) is 21.1. The highest BCUT2D eigenvalue weighted by Gasteiger charge is 2.30. The Morgan fingerprint density at radius 3 is 2.37 bits per heavy atom. The first-order valence-electron chi connectivity index (χ1n) is 9.58. The van der Waals surface area contributed by atoms with Crippen LogP contribution in [0, 0.1) is 5.92 Å². The van der Waals surface area contributed by atoms with Crippen molar-refractivity contribution in [3.63, 3.8) is 0 Å². The van der Waals surface area contributed by atoms with E-state index in [0.717, 1.165) is 39.3 Å². The van der Waals surface area contributed by atoms with Crippen LogP contribution in [0.2, 0.25) is 0 Å². The molecule has 0 spiro atoms. The second kappa shape index (κ2) is 10.1. The van der Waals surface area contributed by atoms with Crippen molar-refractivity contribution in [2.24, 2.45) is 10.9 Å². The van der Waals surface area contributed by atoms with Gasteiger partial charge in [-0.3, -0.25) is 4.99 Å². The van der Waals surface area contributed by atoms with Gasteiger partial charge >= 0.3 is 0 Å². The summed E-state index contributed by atoms with van der Waals surface area (Å²) in [6.07, 6.45) is 1.19. The van der Waals surface area contributed by atoms with Crippen LogP contribution in [0.4, 0.5) is 0 Å². The molecule has 0 N–H and O–H groups in total. The minimum atomic E-state index is 0. The fraction of sp³-hybridized carbons (Fsp3) is 0.409. The van der Waals surface area contributed by atoms with Gasteiger partial charge in [-0.15, -0.1) is 24.0 Å². The number of hydrogen-bond donors (Lipinski definition) is 0. The molecule has 5 heteroatoms. The van der Waals surface area contributed by atoms with Crippen LogP contribution in [0.5, 0.6) is 0 Å². The van der Waals surface area contributed by atoms with Gasteiger partial charge in [0.05, 0.1) is 19.8 Å². The third kappa shape index (κ3) is 5.45. The fourth-order valence-corrected chi connectivity index (χ4v) is 3.79. The highest BCUT2D eigenvalue weighted by atomic mass is 127. The van der Waals surface area contributed by atoms with E-state index in [2.05, 4.69) is 64.4 Å². The molecule has 2 aliphatic rings. The minimum absolute atomic E-state index is 0. The standard InChI is InChI=1S/C22H27N3O.HI/c1-3-7-19(8-4-1)15-25-14-12-23-22(25)24-13-11-21(16-24)18-26-17-20-9-5-2-6-10-20;/h1-10,21H,11-18H2;1H. The Balaban J connectivity index is 0.00000210. The Hall–Kier alpha value is -1.60. The van der Waals surface area contributed by atoms with Gasteiger partial charge in [-0.25, -0.2) is 0 Å². The van der Waals surface area contributed by atoms with Gasteiger partial charge in [-0.2, -0.15) is 0 Å². The van der Waals surface area contributed by atoms with Gasteiger partial charge in [0.15, 0.2) is 5.96 Å². The highest BCUT2D eigenvalue weighted by Crippen LogP contribution is 2.21. The van der Waals surface area contributed by atoms with Crippen LogP contribution >= 0.6 is 24.0 Å². The third-order valence-electron chi connectivity index (χ3n) is 5.16. The molecule has 0 saturated carbocycles. The second-order valence-corrected chi connectivity index (χ2v) is 7.19. The van der Waals surface area contributed by atoms with E-state index in [9.17, 15) is 0 Å². The topological polar surface area (TPSA) is 28.1 Å².